The van der Waals surface area contributed by atoms with Gasteiger partial charge in [-0.3, -0.25) is 4.79 Å². The van der Waals surface area contributed by atoms with Crippen LogP contribution < -0.4 is 0 Å². The Kier molecular flexibility index (Phi) is 3.66. The summed E-state index contributed by atoms with van der Waals surface area (Å²) < 4.78 is 61.0. The molecular formula is C9H12F5NO2. The molecule has 0 aromatic heterocycles. The van der Waals surface area contributed by atoms with Gasteiger partial charge < -0.3 is 10.0 Å². The minimum Gasteiger partial charge on any atom is -0.393 e. The Morgan fingerprint density at radius 3 is 2.12 bits per heavy atom. The highest BCUT2D eigenvalue weighted by Crippen LogP contribution is 2.37. The van der Waals surface area contributed by atoms with Crippen LogP contribution in [0, 0.1) is 5.92 Å². The molecular weight excluding hydrogens is 249 g/mol. The molecule has 1 aliphatic carbocycles. The predicted octanol–water partition coefficient (Wildman–Crippen LogP) is 1.41. The van der Waals surface area contributed by atoms with Crippen LogP contribution in [0.5, 0.6) is 0 Å². The van der Waals surface area contributed by atoms with Crippen molar-refractivity contribution in [2.24, 2.45) is 5.92 Å². The van der Waals surface area contributed by atoms with E-state index in [0.29, 0.717) is 17.7 Å². The number of halogens is 5. The minimum atomic E-state index is -5.88. The average Bonchev–Trinajstić information content (AvgIpc) is 2.12. The maximum Gasteiger partial charge on any atom is 0.463 e. The molecule has 1 N–H and O–H groups in total. The largest absolute Gasteiger partial charge is 0.463 e. The normalized spacial score (nSPS) is 25.4. The molecule has 0 unspecified atom stereocenters. The standard InChI is InChI=1S/C9H12F5NO2/c1-15(4-5-2-6(16)3-5)7(17)8(10,11)9(12,13)14/h5-6,16H,2-4H2,1H3. The zero-order valence-electron chi connectivity index (χ0n) is 8.97. The number of carbonyl (C=O) groups excluding carboxylic acids is 1. The molecule has 1 rings (SSSR count). The number of carbonyl (C=O) groups is 1. The van der Waals surface area contributed by atoms with E-state index >= 15 is 0 Å². The number of hydrogen-bond acceptors (Lipinski definition) is 2. The van der Waals surface area contributed by atoms with Crippen molar-refractivity contribution in [3.05, 3.63) is 0 Å². The van der Waals surface area contributed by atoms with Crippen LogP contribution in [0.2, 0.25) is 0 Å². The van der Waals surface area contributed by atoms with Gasteiger partial charge in [-0.1, -0.05) is 0 Å². The third kappa shape index (κ3) is 2.85. The van der Waals surface area contributed by atoms with E-state index in [9.17, 15) is 26.7 Å². The molecule has 17 heavy (non-hydrogen) atoms. The summed E-state index contributed by atoms with van der Waals surface area (Å²) in [5.74, 6) is -7.83. The Labute approximate surface area is 94.2 Å². The summed E-state index contributed by atoms with van der Waals surface area (Å²) in [6.45, 7) is -0.207. The molecule has 1 amide bonds. The molecule has 1 fully saturated rings. The van der Waals surface area contributed by atoms with Gasteiger partial charge >= 0.3 is 18.0 Å². The Morgan fingerprint density at radius 1 is 1.29 bits per heavy atom. The second-order valence-electron chi connectivity index (χ2n) is 4.25. The molecule has 1 aliphatic rings. The van der Waals surface area contributed by atoms with Crippen molar-refractivity contribution in [2.45, 2.75) is 31.0 Å². The van der Waals surface area contributed by atoms with Crippen molar-refractivity contribution < 1.29 is 31.9 Å². The number of hydrogen-bond donors (Lipinski definition) is 1. The van der Waals surface area contributed by atoms with Crippen LogP contribution >= 0.6 is 0 Å². The van der Waals surface area contributed by atoms with Gasteiger partial charge in [-0.05, 0) is 18.8 Å². The second kappa shape index (κ2) is 4.40. The van der Waals surface area contributed by atoms with Gasteiger partial charge in [0.2, 0.25) is 0 Å². The summed E-state index contributed by atoms with van der Waals surface area (Å²) in [6, 6.07) is 0. The SMILES string of the molecule is CN(CC1CC(O)C1)C(=O)C(F)(F)C(F)(F)F. The molecule has 0 radical (unpaired) electrons. The minimum absolute atomic E-state index is 0.207. The van der Waals surface area contributed by atoms with E-state index in [0.717, 1.165) is 7.05 Å². The molecule has 100 valence electrons. The molecule has 1 saturated carbocycles. The van der Waals surface area contributed by atoms with Crippen LogP contribution in [-0.2, 0) is 4.79 Å². The van der Waals surface area contributed by atoms with E-state index < -0.39 is 24.1 Å². The van der Waals surface area contributed by atoms with Gasteiger partial charge in [0.05, 0.1) is 6.10 Å². The maximum atomic E-state index is 12.7. The van der Waals surface area contributed by atoms with Crippen LogP contribution in [0.3, 0.4) is 0 Å². The number of amides is 1. The Balaban J connectivity index is 2.57. The van der Waals surface area contributed by atoms with Crippen LogP contribution in [0.25, 0.3) is 0 Å². The van der Waals surface area contributed by atoms with Crippen molar-refractivity contribution in [1.29, 1.82) is 0 Å². The van der Waals surface area contributed by atoms with E-state index in [2.05, 4.69) is 0 Å². The van der Waals surface area contributed by atoms with Crippen LogP contribution in [0.1, 0.15) is 12.8 Å². The van der Waals surface area contributed by atoms with E-state index in [1.807, 2.05) is 0 Å². The summed E-state index contributed by atoms with van der Waals surface area (Å²) in [5, 5.41) is 8.93. The molecule has 0 bridgehead atoms. The van der Waals surface area contributed by atoms with Crippen molar-refractivity contribution >= 4 is 5.91 Å². The summed E-state index contributed by atoms with van der Waals surface area (Å²) in [7, 11) is 0.896. The number of aliphatic hydroxyl groups excluding tert-OH is 1. The quantitative estimate of drug-likeness (QED) is 0.780. The first kappa shape index (κ1) is 14.1. The van der Waals surface area contributed by atoms with Gasteiger partial charge in [0.15, 0.2) is 0 Å². The third-order valence-electron chi connectivity index (χ3n) is 2.71. The van der Waals surface area contributed by atoms with Gasteiger partial charge in [-0.2, -0.15) is 22.0 Å². The number of nitrogens with zero attached hydrogens (tertiary/aromatic N) is 1. The van der Waals surface area contributed by atoms with Crippen molar-refractivity contribution in [2.75, 3.05) is 13.6 Å². The van der Waals surface area contributed by atoms with Crippen molar-refractivity contribution in [3.63, 3.8) is 0 Å². The maximum absolute atomic E-state index is 12.7. The molecule has 3 nitrogen and oxygen atoms in total. The lowest BCUT2D eigenvalue weighted by molar-refractivity contribution is -0.274. The summed E-state index contributed by atoms with van der Waals surface area (Å²) >= 11 is 0. The van der Waals surface area contributed by atoms with Gasteiger partial charge in [0.1, 0.15) is 0 Å². The van der Waals surface area contributed by atoms with E-state index in [1.54, 1.807) is 0 Å². The third-order valence-corrected chi connectivity index (χ3v) is 2.71. The highest BCUT2D eigenvalue weighted by molar-refractivity contribution is 5.84. The summed E-state index contributed by atoms with van der Waals surface area (Å²) in [4.78, 5) is 11.3. The number of aliphatic hydroxyl groups is 1. The highest BCUT2D eigenvalue weighted by Gasteiger charge is 2.64. The van der Waals surface area contributed by atoms with Crippen molar-refractivity contribution in [3.8, 4) is 0 Å². The Hall–Kier alpha value is -0.920. The second-order valence-corrected chi connectivity index (χ2v) is 4.25. The molecule has 0 aliphatic heterocycles. The predicted molar refractivity (Wildman–Crippen MR) is 47.4 cm³/mol. The first-order valence-electron chi connectivity index (χ1n) is 4.94. The monoisotopic (exact) mass is 261 g/mol. The molecule has 8 heteroatoms. The Morgan fingerprint density at radius 2 is 1.76 bits per heavy atom. The molecule has 0 atom stereocenters. The molecule has 0 aromatic rings. The lowest BCUT2D eigenvalue weighted by Gasteiger charge is -2.35. The fourth-order valence-corrected chi connectivity index (χ4v) is 1.68. The van der Waals surface area contributed by atoms with Crippen LogP contribution in [-0.4, -0.2) is 47.7 Å². The van der Waals surface area contributed by atoms with Crippen LogP contribution in [0.15, 0.2) is 0 Å². The fourth-order valence-electron chi connectivity index (χ4n) is 1.68. The lowest BCUT2D eigenvalue weighted by Crippen LogP contribution is -2.52. The van der Waals surface area contributed by atoms with Gasteiger partial charge in [-0.25, -0.2) is 0 Å². The topological polar surface area (TPSA) is 40.5 Å². The fraction of sp³-hybridized carbons (Fsp3) is 0.889. The lowest BCUT2D eigenvalue weighted by atomic mass is 9.82. The van der Waals surface area contributed by atoms with Gasteiger partial charge in [0.25, 0.3) is 0 Å². The van der Waals surface area contributed by atoms with Gasteiger partial charge in [-0.15, -0.1) is 0 Å². The molecule has 0 spiro atoms. The number of rotatable bonds is 3. The summed E-state index contributed by atoms with van der Waals surface area (Å²) in [5.41, 5.74) is 0. The zero-order chi connectivity index (χ0) is 13.4. The van der Waals surface area contributed by atoms with Crippen LogP contribution in [0.4, 0.5) is 22.0 Å². The Bertz CT molecular complexity index is 298. The highest BCUT2D eigenvalue weighted by atomic mass is 19.4. The summed E-state index contributed by atoms with van der Waals surface area (Å²) in [6.07, 6.45) is -5.80. The number of alkyl halides is 5. The van der Waals surface area contributed by atoms with Crippen molar-refractivity contribution in [1.82, 2.24) is 4.90 Å². The average molecular weight is 261 g/mol. The first-order chi connectivity index (χ1) is 7.55. The molecule has 0 heterocycles. The zero-order valence-corrected chi connectivity index (χ0v) is 8.97. The first-order valence-corrected chi connectivity index (χ1v) is 4.94. The molecule has 0 saturated heterocycles. The molecule has 0 aromatic carbocycles. The van der Waals surface area contributed by atoms with E-state index in [-0.39, 0.29) is 12.5 Å². The van der Waals surface area contributed by atoms with E-state index in [1.165, 1.54) is 0 Å². The van der Waals surface area contributed by atoms with E-state index in [4.69, 9.17) is 5.11 Å². The van der Waals surface area contributed by atoms with Gasteiger partial charge in [0, 0.05) is 13.6 Å². The smallest absolute Gasteiger partial charge is 0.393 e.